The van der Waals surface area contributed by atoms with E-state index in [2.05, 4.69) is 5.32 Å². The molecule has 1 amide bonds. The van der Waals surface area contributed by atoms with Gasteiger partial charge in [0.25, 0.3) is 0 Å². The molecule has 3 aromatic rings. The second-order valence-corrected chi connectivity index (χ2v) is 10.0. The lowest BCUT2D eigenvalue weighted by atomic mass is 10.2. The number of aryl methyl sites for hydroxylation is 1. The number of nitrogens with one attached hydrogen (secondary N) is 1. The van der Waals surface area contributed by atoms with Crippen LogP contribution in [0.3, 0.4) is 0 Å². The Morgan fingerprint density at radius 3 is 2.56 bits per heavy atom. The highest BCUT2D eigenvalue weighted by Gasteiger charge is 2.31. The fourth-order valence-electron chi connectivity index (χ4n) is 3.14. The number of hydrogen-bond acceptors (Lipinski definition) is 5. The molecule has 7 nitrogen and oxygen atoms in total. The van der Waals surface area contributed by atoms with Gasteiger partial charge in [0.2, 0.25) is 15.9 Å². The third-order valence-corrected chi connectivity index (χ3v) is 6.89. The zero-order valence-electron chi connectivity index (χ0n) is 17.1. The minimum atomic E-state index is -4.60. The van der Waals surface area contributed by atoms with Crippen LogP contribution in [-0.2, 0) is 28.0 Å². The molecular formula is C20H20F3N3O4S2. The van der Waals surface area contributed by atoms with Crippen LogP contribution in [0, 0.1) is 0 Å². The van der Waals surface area contributed by atoms with Crippen molar-refractivity contribution < 1.29 is 26.4 Å². The highest BCUT2D eigenvalue weighted by Crippen LogP contribution is 2.32. The number of rotatable bonds is 7. The molecule has 0 unspecified atom stereocenters. The molecule has 12 heteroatoms. The minimum Gasteiger partial charge on any atom is -0.326 e. The molecule has 0 bridgehead atoms. The predicted octanol–water partition coefficient (Wildman–Crippen LogP) is 3.80. The quantitative estimate of drug-likeness (QED) is 0.549. The molecule has 3 rings (SSSR count). The molecule has 172 valence electrons. The molecule has 0 aliphatic rings. The number of hydrogen-bond donors (Lipinski definition) is 1. The van der Waals surface area contributed by atoms with E-state index in [1.165, 1.54) is 10.6 Å². The van der Waals surface area contributed by atoms with Crippen LogP contribution in [0.1, 0.15) is 18.4 Å². The molecule has 1 heterocycles. The van der Waals surface area contributed by atoms with Crippen molar-refractivity contribution in [3.05, 3.63) is 57.7 Å². The van der Waals surface area contributed by atoms with Crippen LogP contribution in [0.2, 0.25) is 0 Å². The Hall–Kier alpha value is -2.86. The molecule has 0 saturated carbocycles. The van der Waals surface area contributed by atoms with E-state index in [4.69, 9.17) is 0 Å². The van der Waals surface area contributed by atoms with Gasteiger partial charge in [-0.3, -0.25) is 13.9 Å². The molecule has 0 saturated heterocycles. The van der Waals surface area contributed by atoms with E-state index >= 15 is 0 Å². The Labute approximate surface area is 186 Å². The normalized spacial score (nSPS) is 12.2. The maximum absolute atomic E-state index is 13.0. The first-order chi connectivity index (χ1) is 14.9. The van der Waals surface area contributed by atoms with Crippen molar-refractivity contribution in [2.24, 2.45) is 7.05 Å². The zero-order chi connectivity index (χ0) is 23.7. The molecule has 0 spiro atoms. The van der Waals surface area contributed by atoms with Crippen molar-refractivity contribution in [1.29, 1.82) is 0 Å². The van der Waals surface area contributed by atoms with E-state index in [0.717, 1.165) is 45.6 Å². The number of benzene rings is 2. The summed E-state index contributed by atoms with van der Waals surface area (Å²) in [5.74, 6) is -0.384. The second kappa shape index (κ2) is 8.94. The Morgan fingerprint density at radius 2 is 1.91 bits per heavy atom. The van der Waals surface area contributed by atoms with Gasteiger partial charge in [-0.2, -0.15) is 13.2 Å². The number of halogens is 3. The lowest BCUT2D eigenvalue weighted by Gasteiger charge is -2.23. The summed E-state index contributed by atoms with van der Waals surface area (Å²) in [6, 6.07) is 9.07. The highest BCUT2D eigenvalue weighted by atomic mass is 32.2. The molecule has 0 atom stereocenters. The van der Waals surface area contributed by atoms with Crippen LogP contribution in [0.25, 0.3) is 10.2 Å². The fourth-order valence-corrected chi connectivity index (χ4v) is 5.02. The van der Waals surface area contributed by atoms with E-state index < -0.39 is 21.8 Å². The fraction of sp³-hybridized carbons (Fsp3) is 0.300. The van der Waals surface area contributed by atoms with Gasteiger partial charge in [-0.25, -0.2) is 8.42 Å². The number of anilines is 2. The molecule has 0 aliphatic carbocycles. The van der Waals surface area contributed by atoms with Crippen LogP contribution in [-0.4, -0.2) is 31.7 Å². The molecule has 2 aromatic carbocycles. The van der Waals surface area contributed by atoms with Gasteiger partial charge in [0, 0.05) is 25.7 Å². The SMILES string of the molecule is Cn1c(=O)sc2cc(NC(=O)CCCN(c3cccc(C(F)(F)F)c3)S(C)(=O)=O)ccc21. The average Bonchev–Trinajstić information content (AvgIpc) is 2.97. The van der Waals surface area contributed by atoms with Crippen molar-refractivity contribution in [1.82, 2.24) is 4.57 Å². The van der Waals surface area contributed by atoms with Gasteiger partial charge in [0.1, 0.15) is 0 Å². The summed E-state index contributed by atoms with van der Waals surface area (Å²) in [5.41, 5.74) is 0.150. The smallest absolute Gasteiger partial charge is 0.326 e. The van der Waals surface area contributed by atoms with Crippen LogP contribution in [0.4, 0.5) is 24.5 Å². The Kier molecular flexibility index (Phi) is 6.65. The lowest BCUT2D eigenvalue weighted by Crippen LogP contribution is -2.31. The van der Waals surface area contributed by atoms with Crippen LogP contribution >= 0.6 is 11.3 Å². The van der Waals surface area contributed by atoms with Crippen LogP contribution in [0.15, 0.2) is 47.3 Å². The largest absolute Gasteiger partial charge is 0.416 e. The van der Waals surface area contributed by atoms with Gasteiger partial charge in [0.05, 0.1) is 27.7 Å². The molecule has 32 heavy (non-hydrogen) atoms. The third kappa shape index (κ3) is 5.49. The van der Waals surface area contributed by atoms with Crippen molar-refractivity contribution in [3.8, 4) is 0 Å². The first kappa shape index (κ1) is 23.8. The summed E-state index contributed by atoms with van der Waals surface area (Å²) < 4.78 is 66.2. The number of carbonyl (C=O) groups excluding carboxylic acids is 1. The third-order valence-electron chi connectivity index (χ3n) is 4.70. The minimum absolute atomic E-state index is 0.0476. The predicted molar refractivity (Wildman–Crippen MR) is 119 cm³/mol. The van der Waals surface area contributed by atoms with Crippen LogP contribution in [0.5, 0.6) is 0 Å². The number of thiazole rings is 1. The van der Waals surface area contributed by atoms with Gasteiger partial charge in [-0.05, 0) is 42.8 Å². The highest BCUT2D eigenvalue weighted by molar-refractivity contribution is 7.92. The van der Waals surface area contributed by atoms with E-state index in [-0.39, 0.29) is 35.9 Å². The molecule has 0 aliphatic heterocycles. The number of nitrogens with zero attached hydrogens (tertiary/aromatic N) is 2. The van der Waals surface area contributed by atoms with Gasteiger partial charge in [-0.15, -0.1) is 0 Å². The van der Waals surface area contributed by atoms with E-state index in [1.54, 1.807) is 25.2 Å². The summed E-state index contributed by atoms with van der Waals surface area (Å²) in [6.45, 7) is -0.160. The summed E-state index contributed by atoms with van der Waals surface area (Å²) >= 11 is 1.05. The second-order valence-electron chi connectivity index (χ2n) is 7.14. The lowest BCUT2D eigenvalue weighted by molar-refractivity contribution is -0.137. The monoisotopic (exact) mass is 487 g/mol. The van der Waals surface area contributed by atoms with E-state index in [0.29, 0.717) is 10.4 Å². The number of alkyl halides is 3. The van der Waals surface area contributed by atoms with Crippen molar-refractivity contribution in [2.75, 3.05) is 22.4 Å². The Balaban J connectivity index is 1.66. The summed E-state index contributed by atoms with van der Waals surface area (Å²) in [7, 11) is -2.21. The summed E-state index contributed by atoms with van der Waals surface area (Å²) in [5, 5.41) is 2.68. The molecular weight excluding hydrogens is 467 g/mol. The first-order valence-electron chi connectivity index (χ1n) is 9.40. The number of amides is 1. The van der Waals surface area contributed by atoms with Crippen LogP contribution < -0.4 is 14.5 Å². The number of fused-ring (bicyclic) bond motifs is 1. The van der Waals surface area contributed by atoms with E-state index in [1.807, 2.05) is 0 Å². The van der Waals surface area contributed by atoms with Gasteiger partial charge in [-0.1, -0.05) is 17.4 Å². The van der Waals surface area contributed by atoms with Crippen molar-refractivity contribution >= 4 is 48.9 Å². The Morgan fingerprint density at radius 1 is 1.19 bits per heavy atom. The topological polar surface area (TPSA) is 88.5 Å². The molecule has 1 N–H and O–H groups in total. The average molecular weight is 488 g/mol. The van der Waals surface area contributed by atoms with Gasteiger partial charge >= 0.3 is 11.0 Å². The van der Waals surface area contributed by atoms with E-state index in [9.17, 15) is 31.2 Å². The number of carbonyl (C=O) groups is 1. The molecule has 1 aromatic heterocycles. The summed E-state index contributed by atoms with van der Waals surface area (Å²) in [4.78, 5) is 23.9. The maximum Gasteiger partial charge on any atom is 0.416 e. The maximum atomic E-state index is 13.0. The number of aromatic nitrogens is 1. The molecule has 0 fully saturated rings. The first-order valence-corrected chi connectivity index (χ1v) is 12.1. The standard InChI is InChI=1S/C20H20F3N3O4S2/c1-25-16-9-8-14(12-17(16)31-19(25)28)24-18(27)7-4-10-26(32(2,29)30)15-6-3-5-13(11-15)20(21,22)23/h3,5-6,8-9,11-12H,4,7,10H2,1-2H3,(H,24,27). The van der Waals surface area contributed by atoms with Gasteiger partial charge < -0.3 is 9.88 Å². The molecule has 0 radical (unpaired) electrons. The zero-order valence-corrected chi connectivity index (χ0v) is 18.8. The Bertz CT molecular complexity index is 1310. The van der Waals surface area contributed by atoms with Crippen molar-refractivity contribution in [3.63, 3.8) is 0 Å². The number of sulfonamides is 1. The van der Waals surface area contributed by atoms with Crippen molar-refractivity contribution in [2.45, 2.75) is 19.0 Å². The van der Waals surface area contributed by atoms with Gasteiger partial charge in [0.15, 0.2) is 0 Å². The summed E-state index contributed by atoms with van der Waals surface area (Å²) in [6.07, 6.45) is -3.66.